The highest BCUT2D eigenvalue weighted by Gasteiger charge is 2.26. The van der Waals surface area contributed by atoms with E-state index < -0.39 is 18.0 Å². The number of nitrogens with zero attached hydrogens (tertiary/aromatic N) is 3. The molecular formula is C17H14F2N4O2. The van der Waals surface area contributed by atoms with Gasteiger partial charge in [-0.2, -0.15) is 0 Å². The van der Waals surface area contributed by atoms with E-state index in [2.05, 4.69) is 15.3 Å². The van der Waals surface area contributed by atoms with Gasteiger partial charge in [0.1, 0.15) is 22.9 Å². The average molecular weight is 344 g/mol. The average Bonchev–Trinajstić information content (AvgIpc) is 3.35. The smallest absolute Gasteiger partial charge is 0.280 e. The molecule has 3 aromatic rings. The molecule has 1 fully saturated rings. The number of imidazole rings is 1. The standard InChI is InChI=1S/C17H14F2N4O2/c18-16(19)11-2-1-3-14(20-11)22-17(25)10-7-23-8-12(9-4-5-9)21-15(23)6-13(10)24/h1-3,6-9,16,24H,4-5H2,(H,20,22,25). The number of alkyl halides is 2. The lowest BCUT2D eigenvalue weighted by molar-refractivity contribution is 0.102. The quantitative estimate of drug-likeness (QED) is 0.759. The summed E-state index contributed by atoms with van der Waals surface area (Å²) in [6, 6.07) is 5.37. The number of anilines is 1. The van der Waals surface area contributed by atoms with Crippen LogP contribution in [-0.4, -0.2) is 25.4 Å². The van der Waals surface area contributed by atoms with Gasteiger partial charge in [-0.15, -0.1) is 0 Å². The highest BCUT2D eigenvalue weighted by molar-refractivity contribution is 6.05. The summed E-state index contributed by atoms with van der Waals surface area (Å²) >= 11 is 0. The molecule has 0 atom stereocenters. The Balaban J connectivity index is 1.62. The van der Waals surface area contributed by atoms with E-state index in [-0.39, 0.29) is 17.1 Å². The molecule has 0 aromatic carbocycles. The van der Waals surface area contributed by atoms with Crippen molar-refractivity contribution in [3.05, 3.63) is 53.6 Å². The topological polar surface area (TPSA) is 79.5 Å². The van der Waals surface area contributed by atoms with Crippen molar-refractivity contribution in [3.63, 3.8) is 0 Å². The SMILES string of the molecule is O=C(Nc1cccc(C(F)F)n1)c1cn2cc(C3CC3)nc2cc1O. The second kappa shape index (κ2) is 5.80. The van der Waals surface area contributed by atoms with Crippen LogP contribution in [0, 0.1) is 0 Å². The Morgan fingerprint density at radius 1 is 1.28 bits per heavy atom. The van der Waals surface area contributed by atoms with Gasteiger partial charge in [-0.3, -0.25) is 4.79 Å². The Labute approximate surface area is 141 Å². The zero-order valence-electron chi connectivity index (χ0n) is 13.0. The van der Waals surface area contributed by atoms with E-state index in [1.807, 2.05) is 6.20 Å². The molecule has 0 aliphatic heterocycles. The summed E-state index contributed by atoms with van der Waals surface area (Å²) in [5, 5.41) is 12.5. The monoisotopic (exact) mass is 344 g/mol. The number of hydrogen-bond donors (Lipinski definition) is 2. The molecule has 8 heteroatoms. The van der Waals surface area contributed by atoms with Gasteiger partial charge in [-0.05, 0) is 25.0 Å². The van der Waals surface area contributed by atoms with Crippen molar-refractivity contribution >= 4 is 17.4 Å². The van der Waals surface area contributed by atoms with Crippen LogP contribution >= 0.6 is 0 Å². The van der Waals surface area contributed by atoms with E-state index >= 15 is 0 Å². The number of halogens is 2. The summed E-state index contributed by atoms with van der Waals surface area (Å²) in [6.45, 7) is 0. The van der Waals surface area contributed by atoms with Crippen LogP contribution in [0.2, 0.25) is 0 Å². The van der Waals surface area contributed by atoms with Crippen LogP contribution in [0.4, 0.5) is 14.6 Å². The van der Waals surface area contributed by atoms with Crippen LogP contribution in [0.25, 0.3) is 5.65 Å². The fourth-order valence-electron chi connectivity index (χ4n) is 2.62. The molecule has 0 spiro atoms. The number of pyridine rings is 2. The summed E-state index contributed by atoms with van der Waals surface area (Å²) in [7, 11) is 0. The summed E-state index contributed by atoms with van der Waals surface area (Å²) in [5.74, 6) is -0.435. The molecule has 1 aliphatic carbocycles. The molecular weight excluding hydrogens is 330 g/mol. The largest absolute Gasteiger partial charge is 0.507 e. The van der Waals surface area contributed by atoms with E-state index in [9.17, 15) is 18.7 Å². The Kier molecular flexibility index (Phi) is 3.60. The first-order chi connectivity index (χ1) is 12.0. The van der Waals surface area contributed by atoms with Gasteiger partial charge in [0.05, 0.1) is 11.3 Å². The highest BCUT2D eigenvalue weighted by atomic mass is 19.3. The number of aromatic hydroxyl groups is 1. The predicted molar refractivity (Wildman–Crippen MR) is 86.0 cm³/mol. The fraction of sp³-hybridized carbons (Fsp3) is 0.235. The van der Waals surface area contributed by atoms with Crippen LogP contribution in [0.1, 0.15) is 46.9 Å². The van der Waals surface area contributed by atoms with Crippen molar-refractivity contribution in [2.75, 3.05) is 5.32 Å². The molecule has 128 valence electrons. The van der Waals surface area contributed by atoms with Crippen LogP contribution in [0.15, 0.2) is 36.7 Å². The third-order valence-electron chi connectivity index (χ3n) is 4.07. The van der Waals surface area contributed by atoms with E-state index in [4.69, 9.17) is 0 Å². The fourth-order valence-corrected chi connectivity index (χ4v) is 2.62. The van der Waals surface area contributed by atoms with Gasteiger partial charge in [0.25, 0.3) is 12.3 Å². The molecule has 0 saturated heterocycles. The number of hydrogen-bond acceptors (Lipinski definition) is 4. The predicted octanol–water partition coefficient (Wildman–Crippen LogP) is 3.50. The van der Waals surface area contributed by atoms with Crippen LogP contribution in [0.5, 0.6) is 5.75 Å². The molecule has 3 heterocycles. The highest BCUT2D eigenvalue weighted by Crippen LogP contribution is 2.39. The van der Waals surface area contributed by atoms with Gasteiger partial charge in [-0.1, -0.05) is 6.07 Å². The first kappa shape index (κ1) is 15.5. The number of nitrogens with one attached hydrogen (secondary N) is 1. The minimum Gasteiger partial charge on any atom is -0.507 e. The molecule has 1 saturated carbocycles. The Bertz CT molecular complexity index is 966. The maximum atomic E-state index is 12.7. The molecule has 1 aliphatic rings. The van der Waals surface area contributed by atoms with Crippen molar-refractivity contribution in [2.45, 2.75) is 25.2 Å². The molecule has 0 bridgehead atoms. The molecule has 25 heavy (non-hydrogen) atoms. The van der Waals surface area contributed by atoms with Crippen molar-refractivity contribution in [1.29, 1.82) is 0 Å². The summed E-state index contributed by atoms with van der Waals surface area (Å²) in [6.07, 6.45) is 2.76. The third-order valence-corrected chi connectivity index (χ3v) is 4.07. The van der Waals surface area contributed by atoms with Crippen molar-refractivity contribution in [2.24, 2.45) is 0 Å². The number of carbonyl (C=O) groups is 1. The van der Waals surface area contributed by atoms with Crippen molar-refractivity contribution in [3.8, 4) is 5.75 Å². The lowest BCUT2D eigenvalue weighted by atomic mass is 10.2. The molecule has 4 rings (SSSR count). The maximum absolute atomic E-state index is 12.7. The number of aromatic nitrogens is 3. The maximum Gasteiger partial charge on any atom is 0.280 e. The molecule has 3 aromatic heterocycles. The van der Waals surface area contributed by atoms with Crippen LogP contribution in [0.3, 0.4) is 0 Å². The molecule has 1 amide bonds. The number of carbonyl (C=O) groups excluding carboxylic acids is 1. The van der Waals surface area contributed by atoms with Gasteiger partial charge < -0.3 is 14.8 Å². The minimum absolute atomic E-state index is 0.00778. The molecule has 6 nitrogen and oxygen atoms in total. The summed E-state index contributed by atoms with van der Waals surface area (Å²) < 4.78 is 27.1. The van der Waals surface area contributed by atoms with Gasteiger partial charge in [0.15, 0.2) is 0 Å². The summed E-state index contributed by atoms with van der Waals surface area (Å²) in [4.78, 5) is 20.5. The van der Waals surface area contributed by atoms with Crippen molar-refractivity contribution < 1.29 is 18.7 Å². The van der Waals surface area contributed by atoms with Gasteiger partial charge in [0.2, 0.25) is 0 Å². The number of amides is 1. The van der Waals surface area contributed by atoms with Gasteiger partial charge in [0, 0.05) is 24.4 Å². The van der Waals surface area contributed by atoms with Gasteiger partial charge in [-0.25, -0.2) is 18.7 Å². The lowest BCUT2D eigenvalue weighted by Gasteiger charge is -2.08. The number of fused-ring (bicyclic) bond motifs is 1. The van der Waals surface area contributed by atoms with Crippen molar-refractivity contribution in [1.82, 2.24) is 14.4 Å². The van der Waals surface area contributed by atoms with Gasteiger partial charge >= 0.3 is 0 Å². The molecule has 2 N–H and O–H groups in total. The Hall–Kier alpha value is -3.03. The second-order valence-electron chi connectivity index (χ2n) is 5.98. The third kappa shape index (κ3) is 3.02. The normalized spacial score (nSPS) is 14.2. The minimum atomic E-state index is -2.73. The first-order valence-corrected chi connectivity index (χ1v) is 7.79. The Morgan fingerprint density at radius 2 is 2.08 bits per heavy atom. The van der Waals surface area contributed by atoms with E-state index in [0.29, 0.717) is 11.6 Å². The number of rotatable bonds is 4. The molecule has 0 radical (unpaired) electrons. The molecule has 0 unspecified atom stereocenters. The zero-order valence-corrected chi connectivity index (χ0v) is 13.0. The van der Waals surface area contributed by atoms with Crippen LogP contribution < -0.4 is 5.32 Å². The first-order valence-electron chi connectivity index (χ1n) is 7.79. The van der Waals surface area contributed by atoms with E-state index in [1.165, 1.54) is 30.5 Å². The lowest BCUT2D eigenvalue weighted by Crippen LogP contribution is -2.14. The Morgan fingerprint density at radius 3 is 2.80 bits per heavy atom. The second-order valence-corrected chi connectivity index (χ2v) is 5.98. The summed E-state index contributed by atoms with van der Waals surface area (Å²) in [5.41, 5.74) is 1.06. The van der Waals surface area contributed by atoms with Crippen LogP contribution in [-0.2, 0) is 0 Å². The zero-order chi connectivity index (χ0) is 17.6. The van der Waals surface area contributed by atoms with E-state index in [1.54, 1.807) is 4.40 Å². The van der Waals surface area contributed by atoms with E-state index in [0.717, 1.165) is 18.5 Å².